The molecule has 1 amide bonds. The van der Waals surface area contributed by atoms with Crippen LogP contribution in [0.1, 0.15) is 42.4 Å². The smallest absolute Gasteiger partial charge is 0.242 e. The number of nitrogens with one attached hydrogen (secondary N) is 1. The van der Waals surface area contributed by atoms with Gasteiger partial charge in [0.05, 0.1) is 10.3 Å². The van der Waals surface area contributed by atoms with Crippen molar-refractivity contribution in [2.24, 2.45) is 0 Å². The van der Waals surface area contributed by atoms with Crippen molar-refractivity contribution in [3.8, 4) is 11.5 Å². The molecule has 0 aromatic heterocycles. The first-order chi connectivity index (χ1) is 15.1. The van der Waals surface area contributed by atoms with Crippen LogP contribution >= 0.6 is 0 Å². The van der Waals surface area contributed by atoms with E-state index in [2.05, 4.69) is 5.32 Å². The molecule has 0 spiro atoms. The van der Waals surface area contributed by atoms with Gasteiger partial charge in [-0.2, -0.15) is 0 Å². The number of fused-ring (bicyclic) bond motifs is 1. The molecule has 1 aliphatic carbocycles. The summed E-state index contributed by atoms with van der Waals surface area (Å²) in [6.45, 7) is 4.75. The van der Waals surface area contributed by atoms with Crippen LogP contribution < -0.4 is 14.8 Å². The van der Waals surface area contributed by atoms with E-state index in [-0.39, 0.29) is 10.8 Å². The van der Waals surface area contributed by atoms with Crippen molar-refractivity contribution >= 4 is 21.6 Å². The van der Waals surface area contributed by atoms with E-state index in [0.29, 0.717) is 30.4 Å². The predicted molar refractivity (Wildman–Crippen MR) is 123 cm³/mol. The lowest BCUT2D eigenvalue weighted by atomic mass is 9.77. The largest absolute Gasteiger partial charge is 0.486 e. The number of carbonyl (C=O) groups excluding carboxylic acids is 1. The number of sulfonamides is 1. The highest BCUT2D eigenvalue weighted by atomic mass is 32.2. The number of amides is 1. The van der Waals surface area contributed by atoms with Crippen LogP contribution in [-0.4, -0.2) is 45.9 Å². The molecule has 4 rings (SSSR count). The molecule has 0 atom stereocenters. The van der Waals surface area contributed by atoms with E-state index in [1.165, 1.54) is 18.4 Å². The Bertz CT molecular complexity index is 1150. The summed E-state index contributed by atoms with van der Waals surface area (Å²) in [7, 11) is -0.623. The average molecular weight is 459 g/mol. The van der Waals surface area contributed by atoms with E-state index >= 15 is 0 Å². The van der Waals surface area contributed by atoms with Gasteiger partial charge in [-0.15, -0.1) is 0 Å². The number of rotatable bonds is 5. The van der Waals surface area contributed by atoms with Crippen molar-refractivity contribution in [3.63, 3.8) is 0 Å². The molecule has 1 saturated carbocycles. The molecule has 1 fully saturated rings. The van der Waals surface area contributed by atoms with Gasteiger partial charge in [0.1, 0.15) is 13.2 Å². The molecule has 1 heterocycles. The van der Waals surface area contributed by atoms with Crippen molar-refractivity contribution in [1.82, 2.24) is 4.31 Å². The van der Waals surface area contributed by atoms with Crippen LogP contribution in [0, 0.1) is 13.8 Å². The summed E-state index contributed by atoms with van der Waals surface area (Å²) in [5.74, 6) is 1.24. The fourth-order valence-electron chi connectivity index (χ4n) is 4.52. The number of benzene rings is 2. The Morgan fingerprint density at radius 1 is 1.00 bits per heavy atom. The number of hydrogen-bond acceptors (Lipinski definition) is 5. The molecule has 2 aromatic carbocycles. The van der Waals surface area contributed by atoms with Crippen LogP contribution in [0.5, 0.6) is 11.5 Å². The summed E-state index contributed by atoms with van der Waals surface area (Å²) < 4.78 is 38.0. The minimum absolute atomic E-state index is 0.117. The molecule has 2 aliphatic rings. The second-order valence-electron chi connectivity index (χ2n) is 8.80. The highest BCUT2D eigenvalue weighted by molar-refractivity contribution is 7.89. The van der Waals surface area contributed by atoms with Gasteiger partial charge in [-0.25, -0.2) is 12.7 Å². The minimum Gasteiger partial charge on any atom is -0.486 e. The van der Waals surface area contributed by atoms with Crippen molar-refractivity contribution in [3.05, 3.63) is 47.0 Å². The van der Waals surface area contributed by atoms with E-state index in [1.54, 1.807) is 12.1 Å². The Morgan fingerprint density at radius 3 is 2.31 bits per heavy atom. The monoisotopic (exact) mass is 458 g/mol. The Labute approximate surface area is 189 Å². The van der Waals surface area contributed by atoms with Crippen molar-refractivity contribution in [1.29, 1.82) is 0 Å². The topological polar surface area (TPSA) is 84.9 Å². The fraction of sp³-hybridized carbons (Fsp3) is 0.458. The highest BCUT2D eigenvalue weighted by Gasteiger charge is 2.43. The third-order valence-corrected chi connectivity index (χ3v) is 8.45. The number of ether oxygens (including phenoxy) is 2. The van der Waals surface area contributed by atoms with E-state index in [9.17, 15) is 13.2 Å². The van der Waals surface area contributed by atoms with Gasteiger partial charge in [-0.3, -0.25) is 4.79 Å². The van der Waals surface area contributed by atoms with Crippen molar-refractivity contribution in [2.75, 3.05) is 32.6 Å². The van der Waals surface area contributed by atoms with Gasteiger partial charge in [-0.05, 0) is 67.6 Å². The van der Waals surface area contributed by atoms with Crippen LogP contribution in [0.4, 0.5) is 5.69 Å². The van der Waals surface area contributed by atoms with E-state index in [1.807, 2.05) is 32.0 Å². The highest BCUT2D eigenvalue weighted by Crippen LogP contribution is 2.45. The van der Waals surface area contributed by atoms with Crippen LogP contribution in [0.3, 0.4) is 0 Å². The predicted octanol–water partition coefficient (Wildman–Crippen LogP) is 3.78. The van der Waals surface area contributed by atoms with Gasteiger partial charge in [0.15, 0.2) is 11.5 Å². The van der Waals surface area contributed by atoms with Gasteiger partial charge in [0.2, 0.25) is 15.9 Å². The Balaban J connectivity index is 1.71. The maximum absolute atomic E-state index is 13.7. The number of carbonyl (C=O) groups is 1. The van der Waals surface area contributed by atoms with Gasteiger partial charge < -0.3 is 14.8 Å². The summed E-state index contributed by atoms with van der Waals surface area (Å²) in [6, 6.07) is 8.94. The van der Waals surface area contributed by atoms with Gasteiger partial charge in [0, 0.05) is 19.8 Å². The molecule has 1 aliphatic heterocycles. The summed E-state index contributed by atoms with van der Waals surface area (Å²) in [4.78, 5) is 13.9. The lowest BCUT2D eigenvalue weighted by Gasteiger charge is -2.30. The van der Waals surface area contributed by atoms with Crippen molar-refractivity contribution < 1.29 is 22.7 Å². The molecular formula is C24H30N2O5S. The molecule has 32 heavy (non-hydrogen) atoms. The zero-order chi connectivity index (χ0) is 23.1. The molecule has 0 bridgehead atoms. The SMILES string of the molecule is Cc1cc(S(=O)(=O)N(C)C)cc(NC(=O)C2(c3ccc4c(c3)OCCO4)CCCC2)c1C. The first-order valence-electron chi connectivity index (χ1n) is 10.9. The summed E-state index contributed by atoms with van der Waals surface area (Å²) >= 11 is 0. The van der Waals surface area contributed by atoms with E-state index < -0.39 is 15.4 Å². The van der Waals surface area contributed by atoms with Gasteiger partial charge >= 0.3 is 0 Å². The average Bonchev–Trinajstić information content (AvgIpc) is 3.27. The lowest BCUT2D eigenvalue weighted by molar-refractivity contribution is -0.121. The lowest BCUT2D eigenvalue weighted by Crippen LogP contribution is -2.38. The third kappa shape index (κ3) is 3.86. The molecule has 172 valence electrons. The minimum atomic E-state index is -3.62. The van der Waals surface area contributed by atoms with E-state index in [0.717, 1.165) is 42.4 Å². The fourth-order valence-corrected chi connectivity index (χ4v) is 5.54. The number of aryl methyl sites for hydroxylation is 1. The van der Waals surface area contributed by atoms with Crippen molar-refractivity contribution in [2.45, 2.75) is 49.8 Å². The standard InChI is InChI=1S/C24H30N2O5S/c1-16-13-19(32(28,29)26(3)4)15-20(17(16)2)25-23(27)24(9-5-6-10-24)18-7-8-21-22(14-18)31-12-11-30-21/h7-8,13-15H,5-6,9-12H2,1-4H3,(H,25,27). The molecule has 1 N–H and O–H groups in total. The van der Waals surface area contributed by atoms with E-state index in [4.69, 9.17) is 9.47 Å². The Hall–Kier alpha value is -2.58. The normalized spacial score (nSPS) is 17.4. The third-order valence-electron chi connectivity index (χ3n) is 6.65. The Morgan fingerprint density at radius 2 is 1.66 bits per heavy atom. The molecule has 2 aromatic rings. The molecule has 0 saturated heterocycles. The van der Waals surface area contributed by atoms with Crippen LogP contribution in [-0.2, 0) is 20.2 Å². The first-order valence-corrected chi connectivity index (χ1v) is 12.3. The summed E-state index contributed by atoms with van der Waals surface area (Å²) in [6.07, 6.45) is 3.36. The van der Waals surface area contributed by atoms with Crippen LogP contribution in [0.15, 0.2) is 35.2 Å². The zero-order valence-corrected chi connectivity index (χ0v) is 19.8. The summed E-state index contributed by atoms with van der Waals surface area (Å²) in [5.41, 5.74) is 2.41. The number of nitrogens with zero attached hydrogens (tertiary/aromatic N) is 1. The maximum atomic E-state index is 13.7. The second kappa shape index (κ2) is 8.41. The zero-order valence-electron chi connectivity index (χ0n) is 19.0. The van der Waals surface area contributed by atoms with Gasteiger partial charge in [-0.1, -0.05) is 18.9 Å². The van der Waals surface area contributed by atoms with Crippen LogP contribution in [0.25, 0.3) is 0 Å². The maximum Gasteiger partial charge on any atom is 0.242 e. The summed E-state index contributed by atoms with van der Waals surface area (Å²) in [5, 5.41) is 3.07. The second-order valence-corrected chi connectivity index (χ2v) is 11.0. The molecule has 0 radical (unpaired) electrons. The Kier molecular flexibility index (Phi) is 5.94. The number of hydrogen-bond donors (Lipinski definition) is 1. The molecule has 0 unspecified atom stereocenters. The quantitative estimate of drug-likeness (QED) is 0.737. The van der Waals surface area contributed by atoms with Crippen LogP contribution in [0.2, 0.25) is 0 Å². The first kappa shape index (κ1) is 22.6. The molecular weight excluding hydrogens is 428 g/mol. The molecule has 7 nitrogen and oxygen atoms in total. The number of anilines is 1. The molecule has 8 heteroatoms. The van der Waals surface area contributed by atoms with Gasteiger partial charge in [0.25, 0.3) is 0 Å².